The first-order valence-electron chi connectivity index (χ1n) is 6.49. The lowest BCUT2D eigenvalue weighted by Crippen LogP contribution is -1.87. The van der Waals surface area contributed by atoms with Gasteiger partial charge in [-0.15, -0.1) is 0 Å². The summed E-state index contributed by atoms with van der Waals surface area (Å²) in [4.78, 5) is 7.91. The van der Waals surface area contributed by atoms with Gasteiger partial charge in [-0.2, -0.15) is 0 Å². The monoisotopic (exact) mass is 260 g/mol. The minimum Gasteiger partial charge on any atom is -0.464 e. The number of hydrogen-bond donors (Lipinski definition) is 1. The molecule has 96 valence electrons. The van der Waals surface area contributed by atoms with E-state index in [-0.39, 0.29) is 0 Å². The number of nitrogens with one attached hydrogen (secondary N) is 1. The zero-order chi connectivity index (χ0) is 13.4. The van der Waals surface area contributed by atoms with Crippen molar-refractivity contribution in [2.45, 2.75) is 0 Å². The van der Waals surface area contributed by atoms with Gasteiger partial charge in [-0.05, 0) is 18.2 Å². The largest absolute Gasteiger partial charge is 0.464 e. The van der Waals surface area contributed by atoms with E-state index in [2.05, 4.69) is 28.2 Å². The summed E-state index contributed by atoms with van der Waals surface area (Å²) in [5, 5.41) is 1.10. The number of benzene rings is 1. The van der Waals surface area contributed by atoms with Crippen LogP contribution in [0.25, 0.3) is 33.5 Å². The SMILES string of the molecule is c1ccc(-c2ncc(-c3ccco3)c3[nH]ccc23)cc1. The summed E-state index contributed by atoms with van der Waals surface area (Å²) >= 11 is 0. The first-order valence-corrected chi connectivity index (χ1v) is 6.49. The normalized spacial score (nSPS) is 11.0. The van der Waals surface area contributed by atoms with Crippen LogP contribution in [0.4, 0.5) is 0 Å². The van der Waals surface area contributed by atoms with Crippen LogP contribution in [0.3, 0.4) is 0 Å². The Kier molecular flexibility index (Phi) is 2.42. The summed E-state index contributed by atoms with van der Waals surface area (Å²) in [6, 6.07) is 16.1. The first-order chi connectivity index (χ1) is 9.93. The molecule has 3 aromatic heterocycles. The van der Waals surface area contributed by atoms with Gasteiger partial charge in [0.1, 0.15) is 5.76 Å². The average Bonchev–Trinajstić information content (AvgIpc) is 3.18. The molecule has 0 fully saturated rings. The van der Waals surface area contributed by atoms with Crippen molar-refractivity contribution in [2.75, 3.05) is 0 Å². The minimum absolute atomic E-state index is 0.824. The number of pyridine rings is 1. The molecule has 0 spiro atoms. The number of H-pyrrole nitrogens is 1. The van der Waals surface area contributed by atoms with Crippen LogP contribution in [0, 0.1) is 0 Å². The molecule has 0 atom stereocenters. The Morgan fingerprint density at radius 2 is 1.85 bits per heavy atom. The molecule has 0 aliphatic heterocycles. The van der Waals surface area contributed by atoms with Crippen LogP contribution in [-0.2, 0) is 0 Å². The summed E-state index contributed by atoms with van der Waals surface area (Å²) in [5.74, 6) is 0.824. The van der Waals surface area contributed by atoms with Crippen LogP contribution in [0.1, 0.15) is 0 Å². The molecule has 1 aromatic carbocycles. The summed E-state index contributed by atoms with van der Waals surface area (Å²) in [6.45, 7) is 0. The molecule has 3 nitrogen and oxygen atoms in total. The van der Waals surface area contributed by atoms with Gasteiger partial charge in [-0.25, -0.2) is 0 Å². The van der Waals surface area contributed by atoms with Crippen LogP contribution in [-0.4, -0.2) is 9.97 Å². The molecule has 0 unspecified atom stereocenters. The van der Waals surface area contributed by atoms with Gasteiger partial charge in [0.15, 0.2) is 0 Å². The summed E-state index contributed by atoms with van der Waals surface area (Å²) in [5.41, 5.74) is 4.13. The van der Waals surface area contributed by atoms with Crippen molar-refractivity contribution >= 4 is 10.9 Å². The van der Waals surface area contributed by atoms with Crippen molar-refractivity contribution in [3.8, 4) is 22.6 Å². The quantitative estimate of drug-likeness (QED) is 0.577. The fourth-order valence-corrected chi connectivity index (χ4v) is 2.50. The predicted molar refractivity (Wildman–Crippen MR) is 79.2 cm³/mol. The Morgan fingerprint density at radius 3 is 2.65 bits per heavy atom. The molecule has 0 aliphatic carbocycles. The van der Waals surface area contributed by atoms with E-state index >= 15 is 0 Å². The highest BCUT2D eigenvalue weighted by molar-refractivity contribution is 6.00. The number of nitrogens with zero attached hydrogens (tertiary/aromatic N) is 1. The van der Waals surface area contributed by atoms with Crippen LogP contribution in [0.15, 0.2) is 71.6 Å². The first kappa shape index (κ1) is 11.1. The molecule has 0 amide bonds. The molecule has 3 heteroatoms. The maximum atomic E-state index is 5.48. The third-order valence-electron chi connectivity index (χ3n) is 3.43. The lowest BCUT2D eigenvalue weighted by atomic mass is 10.1. The van der Waals surface area contributed by atoms with E-state index in [9.17, 15) is 0 Å². The second kappa shape index (κ2) is 4.38. The Morgan fingerprint density at radius 1 is 0.950 bits per heavy atom. The molecule has 0 saturated heterocycles. The third kappa shape index (κ3) is 1.64. The minimum atomic E-state index is 0.824. The Labute approximate surface area is 115 Å². The lowest BCUT2D eigenvalue weighted by Gasteiger charge is -2.05. The third-order valence-corrected chi connectivity index (χ3v) is 3.43. The van der Waals surface area contributed by atoms with Gasteiger partial charge in [0.2, 0.25) is 0 Å². The van der Waals surface area contributed by atoms with E-state index < -0.39 is 0 Å². The van der Waals surface area contributed by atoms with Crippen molar-refractivity contribution in [3.05, 3.63) is 67.2 Å². The molecule has 4 aromatic rings. The van der Waals surface area contributed by atoms with Crippen molar-refractivity contribution < 1.29 is 4.42 Å². The highest BCUT2D eigenvalue weighted by atomic mass is 16.3. The fraction of sp³-hybridized carbons (Fsp3) is 0. The Bertz CT molecular complexity index is 845. The maximum Gasteiger partial charge on any atom is 0.137 e. The number of furan rings is 1. The van der Waals surface area contributed by atoms with E-state index in [0.29, 0.717) is 0 Å². The van der Waals surface area contributed by atoms with Crippen molar-refractivity contribution in [1.82, 2.24) is 9.97 Å². The van der Waals surface area contributed by atoms with Crippen molar-refractivity contribution in [1.29, 1.82) is 0 Å². The predicted octanol–water partition coefficient (Wildman–Crippen LogP) is 4.49. The summed E-state index contributed by atoms with van der Waals surface area (Å²) in [7, 11) is 0. The number of aromatic nitrogens is 2. The van der Waals surface area contributed by atoms with Crippen molar-refractivity contribution in [2.24, 2.45) is 0 Å². The van der Waals surface area contributed by atoms with Gasteiger partial charge in [-0.1, -0.05) is 30.3 Å². The topological polar surface area (TPSA) is 41.8 Å². The number of hydrogen-bond acceptors (Lipinski definition) is 2. The summed E-state index contributed by atoms with van der Waals surface area (Å²) < 4.78 is 5.48. The van der Waals surface area contributed by atoms with Gasteiger partial charge >= 0.3 is 0 Å². The molecule has 0 bridgehead atoms. The lowest BCUT2D eigenvalue weighted by molar-refractivity contribution is 0.582. The van der Waals surface area contributed by atoms with Gasteiger partial charge < -0.3 is 9.40 Å². The fourth-order valence-electron chi connectivity index (χ4n) is 2.50. The smallest absolute Gasteiger partial charge is 0.137 e. The maximum absolute atomic E-state index is 5.48. The van der Waals surface area contributed by atoms with E-state index in [0.717, 1.165) is 33.5 Å². The Balaban J connectivity index is 1.99. The number of rotatable bonds is 2. The highest BCUT2D eigenvalue weighted by Crippen LogP contribution is 2.32. The van der Waals surface area contributed by atoms with Gasteiger partial charge in [0, 0.05) is 23.3 Å². The number of fused-ring (bicyclic) bond motifs is 1. The molecule has 3 heterocycles. The molecule has 0 saturated carbocycles. The van der Waals surface area contributed by atoms with E-state index in [1.807, 2.05) is 42.7 Å². The van der Waals surface area contributed by atoms with Gasteiger partial charge in [0.05, 0.1) is 23.0 Å². The molecular formula is C17H12N2O. The molecule has 1 N–H and O–H groups in total. The standard InChI is InChI=1S/C17H12N2O/c1-2-5-12(6-3-1)16-13-8-9-18-17(13)14(11-19-16)15-7-4-10-20-15/h1-11,18H. The van der Waals surface area contributed by atoms with Gasteiger partial charge in [0.25, 0.3) is 0 Å². The molecule has 0 aliphatic rings. The van der Waals surface area contributed by atoms with Crippen LogP contribution < -0.4 is 0 Å². The highest BCUT2D eigenvalue weighted by Gasteiger charge is 2.12. The molecule has 4 rings (SSSR count). The molecule has 0 radical (unpaired) electrons. The van der Waals surface area contributed by atoms with Crippen LogP contribution in [0.2, 0.25) is 0 Å². The van der Waals surface area contributed by atoms with Gasteiger partial charge in [-0.3, -0.25) is 4.98 Å². The van der Waals surface area contributed by atoms with E-state index in [1.54, 1.807) is 6.26 Å². The number of aromatic amines is 1. The zero-order valence-corrected chi connectivity index (χ0v) is 10.7. The second-order valence-corrected chi connectivity index (χ2v) is 4.63. The summed E-state index contributed by atoms with van der Waals surface area (Å²) in [6.07, 6.45) is 5.47. The van der Waals surface area contributed by atoms with Crippen LogP contribution >= 0.6 is 0 Å². The zero-order valence-electron chi connectivity index (χ0n) is 10.7. The van der Waals surface area contributed by atoms with E-state index in [4.69, 9.17) is 4.42 Å². The van der Waals surface area contributed by atoms with Crippen molar-refractivity contribution in [3.63, 3.8) is 0 Å². The van der Waals surface area contributed by atoms with Crippen LogP contribution in [0.5, 0.6) is 0 Å². The average molecular weight is 260 g/mol. The second-order valence-electron chi connectivity index (χ2n) is 4.63. The van der Waals surface area contributed by atoms with E-state index in [1.165, 1.54) is 0 Å². The molecular weight excluding hydrogens is 248 g/mol. The Hall–Kier alpha value is -2.81. The molecule has 20 heavy (non-hydrogen) atoms.